The van der Waals surface area contributed by atoms with Crippen LogP contribution in [-0.2, 0) is 19.2 Å². The van der Waals surface area contributed by atoms with Gasteiger partial charge in [0.25, 0.3) is 0 Å². The summed E-state index contributed by atoms with van der Waals surface area (Å²) in [6.45, 7) is 21.2. The van der Waals surface area contributed by atoms with Crippen LogP contribution in [0.15, 0.2) is 11.6 Å². The number of likely N-dealkylation sites (tertiary alicyclic amines) is 2. The van der Waals surface area contributed by atoms with Crippen LogP contribution < -0.4 is 10.6 Å². The highest BCUT2D eigenvalue weighted by Crippen LogP contribution is 2.27. The van der Waals surface area contributed by atoms with Crippen molar-refractivity contribution >= 4 is 23.6 Å². The molecule has 0 aliphatic carbocycles. The van der Waals surface area contributed by atoms with Crippen LogP contribution in [0.25, 0.3) is 0 Å². The van der Waals surface area contributed by atoms with Crippen LogP contribution in [-0.4, -0.2) is 94.7 Å². The van der Waals surface area contributed by atoms with E-state index in [0.717, 1.165) is 32.2 Å². The van der Waals surface area contributed by atoms with Gasteiger partial charge in [-0.15, -0.1) is 0 Å². The van der Waals surface area contributed by atoms with E-state index in [-0.39, 0.29) is 53.7 Å². The Hall–Kier alpha value is -2.42. The largest absolute Gasteiger partial charge is 0.352 e. The molecule has 0 aromatic carbocycles. The van der Waals surface area contributed by atoms with Crippen molar-refractivity contribution in [2.45, 2.75) is 138 Å². The van der Waals surface area contributed by atoms with Gasteiger partial charge in [0, 0.05) is 31.2 Å². The summed E-state index contributed by atoms with van der Waals surface area (Å²) in [6, 6.07) is -1.54. The van der Waals surface area contributed by atoms with Crippen molar-refractivity contribution in [2.75, 3.05) is 20.1 Å². The molecule has 2 rings (SSSR count). The van der Waals surface area contributed by atoms with Crippen LogP contribution in [0.5, 0.6) is 0 Å². The first kappa shape index (κ1) is 34.8. The number of piperidine rings is 1. The molecule has 0 radical (unpaired) electrons. The molecule has 2 N–H and O–H groups in total. The van der Waals surface area contributed by atoms with E-state index in [1.807, 2.05) is 54.5 Å². The van der Waals surface area contributed by atoms with E-state index in [1.165, 1.54) is 0 Å². The standard InChI is InChI=1S/C32H57N5O4/c1-20(2)26(19-23(7)30(40)37-18-14-16-25(37)28(38)33-21(3)4)35(11)31(41)27(32(8,9)10)34-29(39)24-15-12-13-17-36(24)22(5)6/h19-22,24-27H,12-18H2,1-11H3,(H,33,38)(H,34,39)/b23-19+/t24?,25-,26+,27?/m0/s1. The number of carbonyl (C=O) groups is 4. The third-order valence-electron chi connectivity index (χ3n) is 8.39. The average Bonchev–Trinajstić information content (AvgIpc) is 3.37. The Balaban J connectivity index is 2.26. The van der Waals surface area contributed by atoms with Crippen molar-refractivity contribution in [3.05, 3.63) is 11.6 Å². The average molecular weight is 576 g/mol. The zero-order valence-corrected chi connectivity index (χ0v) is 27.5. The number of rotatable bonds is 10. The van der Waals surface area contributed by atoms with E-state index in [9.17, 15) is 19.2 Å². The topological polar surface area (TPSA) is 102 Å². The third-order valence-corrected chi connectivity index (χ3v) is 8.39. The molecule has 2 fully saturated rings. The van der Waals surface area contributed by atoms with Gasteiger partial charge in [0.05, 0.1) is 12.1 Å². The zero-order chi connectivity index (χ0) is 31.2. The number of carbonyl (C=O) groups excluding carboxylic acids is 4. The van der Waals surface area contributed by atoms with Crippen molar-refractivity contribution in [1.29, 1.82) is 0 Å². The molecule has 9 nitrogen and oxygen atoms in total. The molecule has 0 aromatic rings. The Morgan fingerprint density at radius 2 is 1.44 bits per heavy atom. The smallest absolute Gasteiger partial charge is 0.249 e. The minimum absolute atomic E-state index is 0.00415. The van der Waals surface area contributed by atoms with Crippen LogP contribution in [0.2, 0.25) is 0 Å². The monoisotopic (exact) mass is 575 g/mol. The van der Waals surface area contributed by atoms with E-state index in [0.29, 0.717) is 18.5 Å². The molecule has 9 heteroatoms. The van der Waals surface area contributed by atoms with Gasteiger partial charge in [-0.25, -0.2) is 0 Å². The van der Waals surface area contributed by atoms with E-state index >= 15 is 0 Å². The Morgan fingerprint density at radius 1 is 0.854 bits per heavy atom. The molecular formula is C32H57N5O4. The van der Waals surface area contributed by atoms with Crippen molar-refractivity contribution in [2.24, 2.45) is 11.3 Å². The van der Waals surface area contributed by atoms with Gasteiger partial charge in [-0.1, -0.05) is 47.1 Å². The lowest BCUT2D eigenvalue weighted by molar-refractivity contribution is -0.142. The van der Waals surface area contributed by atoms with Gasteiger partial charge in [0.15, 0.2) is 0 Å². The maximum absolute atomic E-state index is 14.0. The Labute approximate surface area is 248 Å². The second-order valence-corrected chi connectivity index (χ2v) is 14.0. The van der Waals surface area contributed by atoms with Gasteiger partial charge in [0.2, 0.25) is 23.6 Å². The maximum atomic E-state index is 14.0. The minimum atomic E-state index is -0.718. The lowest BCUT2D eigenvalue weighted by Gasteiger charge is -2.41. The predicted molar refractivity (Wildman–Crippen MR) is 164 cm³/mol. The van der Waals surface area contributed by atoms with Gasteiger partial charge >= 0.3 is 0 Å². The van der Waals surface area contributed by atoms with Crippen LogP contribution in [0.4, 0.5) is 0 Å². The molecule has 2 aliphatic rings. The molecule has 234 valence electrons. The second-order valence-electron chi connectivity index (χ2n) is 14.0. The van der Waals surface area contributed by atoms with Gasteiger partial charge in [-0.2, -0.15) is 0 Å². The first-order valence-corrected chi connectivity index (χ1v) is 15.6. The summed E-state index contributed by atoms with van der Waals surface area (Å²) in [5.41, 5.74) is -0.000204. The van der Waals surface area contributed by atoms with Crippen molar-refractivity contribution < 1.29 is 19.2 Å². The summed E-state index contributed by atoms with van der Waals surface area (Å²) < 4.78 is 0. The molecule has 4 amide bonds. The minimum Gasteiger partial charge on any atom is -0.352 e. The summed E-state index contributed by atoms with van der Waals surface area (Å²) in [5.74, 6) is -0.545. The lowest BCUT2D eigenvalue weighted by Crippen LogP contribution is -2.60. The molecule has 41 heavy (non-hydrogen) atoms. The summed E-state index contributed by atoms with van der Waals surface area (Å²) in [4.78, 5) is 59.4. The van der Waals surface area contributed by atoms with Crippen LogP contribution >= 0.6 is 0 Å². The van der Waals surface area contributed by atoms with Crippen LogP contribution in [0.1, 0.15) is 101 Å². The number of amides is 4. The highest BCUT2D eigenvalue weighted by atomic mass is 16.2. The quantitative estimate of drug-likeness (QED) is 0.387. The Bertz CT molecular complexity index is 968. The molecule has 0 spiro atoms. The van der Waals surface area contributed by atoms with Crippen molar-refractivity contribution in [3.63, 3.8) is 0 Å². The number of nitrogens with zero attached hydrogens (tertiary/aromatic N) is 3. The molecule has 2 saturated heterocycles. The Morgan fingerprint density at radius 3 is 1.98 bits per heavy atom. The molecule has 0 saturated carbocycles. The fourth-order valence-electron chi connectivity index (χ4n) is 6.06. The van der Waals surface area contributed by atoms with Crippen molar-refractivity contribution in [1.82, 2.24) is 25.3 Å². The fraction of sp³-hybridized carbons (Fsp3) is 0.812. The Kier molecular flexibility index (Phi) is 12.4. The molecule has 2 heterocycles. The SMILES string of the molecule is C/C(=C\[C@H](C(C)C)N(C)C(=O)C(NC(=O)C1CCCCN1C(C)C)C(C)(C)C)C(=O)N1CCC[C@H]1C(=O)NC(C)C. The van der Waals surface area contributed by atoms with Gasteiger partial charge in [0.1, 0.15) is 12.1 Å². The zero-order valence-electron chi connectivity index (χ0n) is 27.5. The summed E-state index contributed by atoms with van der Waals surface area (Å²) in [6.07, 6.45) is 6.14. The molecule has 2 unspecified atom stereocenters. The normalized spacial score (nSPS) is 22.2. The lowest BCUT2D eigenvalue weighted by atomic mass is 9.84. The van der Waals surface area contributed by atoms with Crippen LogP contribution in [0.3, 0.4) is 0 Å². The summed E-state index contributed by atoms with van der Waals surface area (Å²) >= 11 is 0. The van der Waals surface area contributed by atoms with Gasteiger partial charge in [-0.05, 0) is 78.2 Å². The first-order valence-electron chi connectivity index (χ1n) is 15.6. The van der Waals surface area contributed by atoms with E-state index < -0.39 is 17.5 Å². The molecule has 0 aromatic heterocycles. The number of hydrogen-bond acceptors (Lipinski definition) is 5. The highest BCUT2D eigenvalue weighted by Gasteiger charge is 2.40. The van der Waals surface area contributed by atoms with E-state index in [1.54, 1.807) is 23.8 Å². The summed E-state index contributed by atoms with van der Waals surface area (Å²) in [7, 11) is 1.75. The fourth-order valence-corrected chi connectivity index (χ4v) is 6.06. The van der Waals surface area contributed by atoms with E-state index in [2.05, 4.69) is 29.4 Å². The van der Waals surface area contributed by atoms with Crippen molar-refractivity contribution in [3.8, 4) is 0 Å². The van der Waals surface area contributed by atoms with Crippen LogP contribution in [0, 0.1) is 11.3 Å². The van der Waals surface area contributed by atoms with E-state index in [4.69, 9.17) is 0 Å². The maximum Gasteiger partial charge on any atom is 0.249 e. The summed E-state index contributed by atoms with van der Waals surface area (Å²) in [5, 5.41) is 6.06. The second kappa shape index (κ2) is 14.7. The molecular weight excluding hydrogens is 518 g/mol. The molecule has 2 aliphatic heterocycles. The molecule has 4 atom stereocenters. The highest BCUT2D eigenvalue weighted by molar-refractivity contribution is 5.97. The predicted octanol–water partition coefficient (Wildman–Crippen LogP) is 3.73. The number of likely N-dealkylation sites (N-methyl/N-ethyl adjacent to an activating group) is 1. The van der Waals surface area contributed by atoms with Gasteiger partial charge < -0.3 is 20.4 Å². The number of hydrogen-bond donors (Lipinski definition) is 2. The van der Waals surface area contributed by atoms with Gasteiger partial charge in [-0.3, -0.25) is 24.1 Å². The third kappa shape index (κ3) is 9.03. The molecule has 0 bridgehead atoms. The first-order chi connectivity index (χ1) is 19.0. The number of nitrogens with one attached hydrogen (secondary N) is 2.